The molecule has 0 spiro atoms. The number of aryl methyl sites for hydroxylation is 2. The van der Waals surface area contributed by atoms with Crippen LogP contribution in [0, 0.1) is 13.8 Å². The van der Waals surface area contributed by atoms with E-state index in [0.29, 0.717) is 11.4 Å². The Hall–Kier alpha value is -3.71. The normalized spacial score (nSPS) is 13.1. The van der Waals surface area contributed by atoms with Crippen molar-refractivity contribution < 1.29 is 14.3 Å². The number of carbonyl (C=O) groups excluding carboxylic acids is 2. The molecule has 1 aliphatic rings. The summed E-state index contributed by atoms with van der Waals surface area (Å²) >= 11 is 1.65. The number of nitrogens with zero attached hydrogens (tertiary/aromatic N) is 2. The van der Waals surface area contributed by atoms with Gasteiger partial charge in [0.05, 0.1) is 22.4 Å². The Bertz CT molecular complexity index is 1340. The number of esters is 1. The van der Waals surface area contributed by atoms with Crippen molar-refractivity contribution in [3.8, 4) is 16.3 Å². The number of aromatic nitrogens is 1. The van der Waals surface area contributed by atoms with Gasteiger partial charge in [-0.25, -0.2) is 9.78 Å². The van der Waals surface area contributed by atoms with E-state index in [1.54, 1.807) is 22.3 Å². The third-order valence-corrected chi connectivity index (χ3v) is 6.36. The number of fused-ring (bicyclic) bond motifs is 2. The van der Waals surface area contributed by atoms with Crippen molar-refractivity contribution in [1.29, 1.82) is 0 Å². The molecule has 0 aliphatic carbocycles. The van der Waals surface area contributed by atoms with Crippen LogP contribution < -0.4 is 15.0 Å². The summed E-state index contributed by atoms with van der Waals surface area (Å²) in [4.78, 5) is 31.0. The molecule has 6 nitrogen and oxygen atoms in total. The van der Waals surface area contributed by atoms with Gasteiger partial charge in [-0.05, 0) is 73.5 Å². The summed E-state index contributed by atoms with van der Waals surface area (Å²) in [5.41, 5.74) is 5.69. The Labute approximate surface area is 189 Å². The third-order valence-electron chi connectivity index (χ3n) is 5.29. The molecule has 1 aliphatic heterocycles. The molecule has 5 rings (SSSR count). The molecule has 0 fully saturated rings. The molecule has 0 radical (unpaired) electrons. The van der Waals surface area contributed by atoms with Crippen LogP contribution in [0.15, 0.2) is 60.7 Å². The van der Waals surface area contributed by atoms with E-state index in [9.17, 15) is 9.59 Å². The molecule has 0 saturated heterocycles. The van der Waals surface area contributed by atoms with Gasteiger partial charge in [-0.3, -0.25) is 4.79 Å². The summed E-state index contributed by atoms with van der Waals surface area (Å²) in [5, 5.41) is 3.86. The van der Waals surface area contributed by atoms with E-state index >= 15 is 0 Å². The van der Waals surface area contributed by atoms with Crippen molar-refractivity contribution in [2.45, 2.75) is 13.8 Å². The first-order chi connectivity index (χ1) is 15.4. The minimum Gasteiger partial charge on any atom is -0.423 e. The first-order valence-corrected chi connectivity index (χ1v) is 11.1. The quantitative estimate of drug-likeness (QED) is 0.357. The highest BCUT2D eigenvalue weighted by Crippen LogP contribution is 2.33. The molecule has 0 saturated carbocycles. The lowest BCUT2D eigenvalue weighted by atomic mass is 10.1. The van der Waals surface area contributed by atoms with Crippen molar-refractivity contribution in [3.63, 3.8) is 0 Å². The van der Waals surface area contributed by atoms with Gasteiger partial charge in [0.2, 0.25) is 5.91 Å². The van der Waals surface area contributed by atoms with Crippen LogP contribution in [0.4, 0.5) is 11.4 Å². The molecule has 0 unspecified atom stereocenters. The van der Waals surface area contributed by atoms with Crippen LogP contribution in [0.3, 0.4) is 0 Å². The van der Waals surface area contributed by atoms with E-state index in [4.69, 9.17) is 9.72 Å². The average molecular weight is 444 g/mol. The first kappa shape index (κ1) is 20.2. The Kier molecular flexibility index (Phi) is 5.11. The lowest BCUT2D eigenvalue weighted by molar-refractivity contribution is -0.133. The first-order valence-electron chi connectivity index (χ1n) is 10.3. The highest BCUT2D eigenvalue weighted by atomic mass is 32.1. The largest absolute Gasteiger partial charge is 0.423 e. The maximum absolute atomic E-state index is 12.7. The van der Waals surface area contributed by atoms with E-state index in [-0.39, 0.29) is 25.0 Å². The van der Waals surface area contributed by atoms with Gasteiger partial charge in [-0.2, -0.15) is 0 Å². The zero-order valence-electron chi connectivity index (χ0n) is 17.7. The molecular weight excluding hydrogens is 422 g/mol. The Balaban J connectivity index is 1.29. The molecule has 2 heterocycles. The van der Waals surface area contributed by atoms with Crippen LogP contribution in [-0.2, 0) is 9.59 Å². The zero-order chi connectivity index (χ0) is 22.2. The van der Waals surface area contributed by atoms with E-state index in [1.807, 2.05) is 49.4 Å². The van der Waals surface area contributed by atoms with Crippen LogP contribution in [0.25, 0.3) is 20.8 Å². The second kappa shape index (κ2) is 8.09. The number of thiazole rings is 1. The van der Waals surface area contributed by atoms with Crippen LogP contribution in [0.2, 0.25) is 0 Å². The van der Waals surface area contributed by atoms with Crippen LogP contribution in [0.5, 0.6) is 5.75 Å². The van der Waals surface area contributed by atoms with Gasteiger partial charge in [-0.15, -0.1) is 11.3 Å². The topological polar surface area (TPSA) is 71.5 Å². The minimum atomic E-state index is -0.371. The van der Waals surface area contributed by atoms with E-state index in [0.717, 1.165) is 32.0 Å². The second-order valence-electron chi connectivity index (χ2n) is 7.92. The Morgan fingerprint density at radius 1 is 1.06 bits per heavy atom. The van der Waals surface area contributed by atoms with Crippen molar-refractivity contribution in [3.05, 3.63) is 71.8 Å². The summed E-state index contributed by atoms with van der Waals surface area (Å²) in [5.74, 6) is -0.0880. The monoisotopic (exact) mass is 443 g/mol. The number of benzene rings is 3. The smallest absolute Gasteiger partial charge is 0.331 e. The van der Waals surface area contributed by atoms with Crippen LogP contribution in [0.1, 0.15) is 11.1 Å². The van der Waals surface area contributed by atoms with Gasteiger partial charge in [-0.1, -0.05) is 12.1 Å². The Morgan fingerprint density at radius 3 is 2.62 bits per heavy atom. The zero-order valence-corrected chi connectivity index (χ0v) is 18.5. The maximum Gasteiger partial charge on any atom is 0.331 e. The second-order valence-corrected chi connectivity index (χ2v) is 8.95. The van der Waals surface area contributed by atoms with E-state index < -0.39 is 0 Å². The lowest BCUT2D eigenvalue weighted by Crippen LogP contribution is -2.41. The number of rotatable bonds is 4. The van der Waals surface area contributed by atoms with Gasteiger partial charge < -0.3 is 15.0 Å². The van der Waals surface area contributed by atoms with Crippen molar-refractivity contribution in [1.82, 2.24) is 4.98 Å². The van der Waals surface area contributed by atoms with E-state index in [1.165, 1.54) is 5.56 Å². The number of hydrogen-bond donors (Lipinski definition) is 1. The molecule has 1 N–H and O–H groups in total. The van der Waals surface area contributed by atoms with Crippen molar-refractivity contribution >= 4 is 44.8 Å². The highest BCUT2D eigenvalue weighted by molar-refractivity contribution is 7.21. The number of ether oxygens (including phenoxy) is 1. The van der Waals surface area contributed by atoms with Crippen LogP contribution >= 0.6 is 11.3 Å². The van der Waals surface area contributed by atoms with Crippen molar-refractivity contribution in [2.24, 2.45) is 0 Å². The molecule has 1 aromatic heterocycles. The van der Waals surface area contributed by atoms with Gasteiger partial charge in [0, 0.05) is 11.3 Å². The predicted octanol–water partition coefficient (Wildman–Crippen LogP) is 4.94. The van der Waals surface area contributed by atoms with Gasteiger partial charge in [0.1, 0.15) is 11.6 Å². The van der Waals surface area contributed by atoms with Gasteiger partial charge in [0.25, 0.3) is 0 Å². The summed E-state index contributed by atoms with van der Waals surface area (Å²) in [6, 6.07) is 19.4. The number of hydrogen-bond acceptors (Lipinski definition) is 6. The fourth-order valence-corrected chi connectivity index (χ4v) is 4.79. The maximum atomic E-state index is 12.7. The summed E-state index contributed by atoms with van der Waals surface area (Å²) in [6.07, 6.45) is 0. The van der Waals surface area contributed by atoms with Crippen molar-refractivity contribution in [2.75, 3.05) is 23.3 Å². The predicted molar refractivity (Wildman–Crippen MR) is 127 cm³/mol. The third kappa shape index (κ3) is 4.07. The molecule has 0 atom stereocenters. The summed E-state index contributed by atoms with van der Waals surface area (Å²) in [7, 11) is 0. The molecular formula is C25H21N3O3S. The summed E-state index contributed by atoms with van der Waals surface area (Å²) < 4.78 is 6.44. The molecule has 0 bridgehead atoms. The standard InChI is InChI=1S/C25H21N3O3S/c1-15-4-10-21-20(11-15)28(14-24(30)31-21)13-23(29)26-18-7-5-17(6-8-18)25-27-19-9-3-16(2)12-22(19)32-25/h3-12H,13-14H2,1-2H3,(H,26,29). The molecule has 1 amide bonds. The highest BCUT2D eigenvalue weighted by Gasteiger charge is 2.25. The van der Waals surface area contributed by atoms with Gasteiger partial charge >= 0.3 is 5.97 Å². The lowest BCUT2D eigenvalue weighted by Gasteiger charge is -2.29. The van der Waals surface area contributed by atoms with E-state index in [2.05, 4.69) is 24.4 Å². The number of carbonyl (C=O) groups is 2. The molecule has 160 valence electrons. The number of amides is 1. The molecule has 32 heavy (non-hydrogen) atoms. The molecule has 7 heteroatoms. The number of nitrogens with one attached hydrogen (secondary N) is 1. The van der Waals surface area contributed by atoms with Gasteiger partial charge in [0.15, 0.2) is 5.75 Å². The minimum absolute atomic E-state index is 0.0416. The fraction of sp³-hybridized carbons (Fsp3) is 0.160. The Morgan fingerprint density at radius 2 is 1.81 bits per heavy atom. The SMILES string of the molecule is Cc1ccc2c(c1)N(CC(=O)Nc1ccc(-c3nc4ccc(C)cc4s3)cc1)CC(=O)O2. The average Bonchev–Trinajstić information content (AvgIpc) is 3.18. The molecule has 3 aromatic carbocycles. The van der Waals surface area contributed by atoms with Crippen LogP contribution in [-0.4, -0.2) is 29.9 Å². The summed E-state index contributed by atoms with van der Waals surface area (Å²) in [6.45, 7) is 4.14. The molecule has 4 aromatic rings. The fourth-order valence-electron chi connectivity index (χ4n) is 3.72. The number of anilines is 2.